The molecule has 0 radical (unpaired) electrons. The molecule has 2 unspecified atom stereocenters. The Morgan fingerprint density at radius 2 is 2.47 bits per heavy atom. The third kappa shape index (κ3) is 2.32. The molecule has 2 rings (SSSR count). The Hall–Kier alpha value is -0.610. The molecule has 15 heavy (non-hydrogen) atoms. The third-order valence-electron chi connectivity index (χ3n) is 3.01. The molecule has 1 saturated heterocycles. The minimum atomic E-state index is 0.275. The second kappa shape index (κ2) is 4.49. The first-order valence-corrected chi connectivity index (χ1v) is 6.09. The normalized spacial score (nSPS) is 23.1. The maximum Gasteiger partial charge on any atom is 0.142 e. The smallest absolute Gasteiger partial charge is 0.142 e. The van der Waals surface area contributed by atoms with Gasteiger partial charge >= 0.3 is 0 Å². The van der Waals surface area contributed by atoms with Crippen LogP contribution in [0.4, 0.5) is 5.82 Å². The maximum absolute atomic E-state index is 5.92. The minimum Gasteiger partial charge on any atom is -0.355 e. The highest BCUT2D eigenvalue weighted by molar-refractivity contribution is 9.10. The second-order valence-corrected chi connectivity index (χ2v) is 5.02. The monoisotopic (exact) mass is 269 g/mol. The molecule has 0 amide bonds. The van der Waals surface area contributed by atoms with Gasteiger partial charge in [-0.3, -0.25) is 0 Å². The van der Waals surface area contributed by atoms with Gasteiger partial charge < -0.3 is 10.6 Å². The van der Waals surface area contributed by atoms with Crippen molar-refractivity contribution in [2.75, 3.05) is 18.0 Å². The largest absolute Gasteiger partial charge is 0.355 e. The Bertz CT molecular complexity index is 340. The zero-order chi connectivity index (χ0) is 10.8. The van der Waals surface area contributed by atoms with Gasteiger partial charge in [0, 0.05) is 25.3 Å². The van der Waals surface area contributed by atoms with Crippen molar-refractivity contribution in [3.8, 4) is 0 Å². The summed E-state index contributed by atoms with van der Waals surface area (Å²) in [5.74, 6) is 1.64. The fourth-order valence-electron chi connectivity index (χ4n) is 2.02. The van der Waals surface area contributed by atoms with Gasteiger partial charge in [-0.25, -0.2) is 4.98 Å². The lowest BCUT2D eigenvalue weighted by molar-refractivity contribution is 0.488. The van der Waals surface area contributed by atoms with Gasteiger partial charge in [-0.15, -0.1) is 0 Å². The molecule has 2 atom stereocenters. The molecule has 4 heteroatoms. The molecule has 82 valence electrons. The molecular weight excluding hydrogens is 254 g/mol. The second-order valence-electron chi connectivity index (χ2n) is 4.16. The summed E-state index contributed by atoms with van der Waals surface area (Å²) in [7, 11) is 0. The van der Waals surface area contributed by atoms with E-state index in [-0.39, 0.29) is 6.04 Å². The molecule has 0 saturated carbocycles. The standard InChI is InChI=1S/C11H16BrN3/c1-8(13)9-4-6-15(7-9)11-10(12)3-2-5-14-11/h2-3,5,8-9H,4,6-7,13H2,1H3. The van der Waals surface area contributed by atoms with E-state index in [1.165, 1.54) is 6.42 Å². The molecule has 0 aromatic carbocycles. The van der Waals surface area contributed by atoms with Gasteiger partial charge in [-0.1, -0.05) is 0 Å². The van der Waals surface area contributed by atoms with Crippen LogP contribution >= 0.6 is 15.9 Å². The van der Waals surface area contributed by atoms with E-state index in [0.717, 1.165) is 23.4 Å². The van der Waals surface area contributed by atoms with Crippen molar-refractivity contribution < 1.29 is 0 Å². The lowest BCUT2D eigenvalue weighted by atomic mass is 10.0. The van der Waals surface area contributed by atoms with Gasteiger partial charge in [0.1, 0.15) is 5.82 Å². The number of pyridine rings is 1. The van der Waals surface area contributed by atoms with E-state index in [2.05, 4.69) is 32.7 Å². The highest BCUT2D eigenvalue weighted by Gasteiger charge is 2.26. The summed E-state index contributed by atoms with van der Waals surface area (Å²) in [6.45, 7) is 4.16. The summed E-state index contributed by atoms with van der Waals surface area (Å²) in [5, 5.41) is 0. The predicted molar refractivity (Wildman–Crippen MR) is 65.9 cm³/mol. The molecule has 0 spiro atoms. The summed E-state index contributed by atoms with van der Waals surface area (Å²) >= 11 is 3.53. The molecule has 0 aliphatic carbocycles. The van der Waals surface area contributed by atoms with Gasteiger partial charge in [0.2, 0.25) is 0 Å². The number of anilines is 1. The Morgan fingerprint density at radius 3 is 3.07 bits per heavy atom. The third-order valence-corrected chi connectivity index (χ3v) is 3.63. The molecule has 0 bridgehead atoms. The average molecular weight is 270 g/mol. The molecule has 2 heterocycles. The number of rotatable bonds is 2. The number of hydrogen-bond donors (Lipinski definition) is 1. The molecule has 2 N–H and O–H groups in total. The van der Waals surface area contributed by atoms with Crippen LogP contribution in [0.1, 0.15) is 13.3 Å². The maximum atomic E-state index is 5.92. The predicted octanol–water partition coefficient (Wildman–Crippen LogP) is 2.02. The summed E-state index contributed by atoms with van der Waals surface area (Å²) in [6.07, 6.45) is 3.00. The van der Waals surface area contributed by atoms with Crippen LogP contribution in [0, 0.1) is 5.92 Å². The lowest BCUT2D eigenvalue weighted by Crippen LogP contribution is -2.30. The van der Waals surface area contributed by atoms with E-state index < -0.39 is 0 Å². The van der Waals surface area contributed by atoms with Gasteiger partial charge in [0.05, 0.1) is 4.47 Å². The van der Waals surface area contributed by atoms with E-state index in [1.54, 1.807) is 0 Å². The molecule has 1 aromatic rings. The van der Waals surface area contributed by atoms with Crippen LogP contribution in [0.2, 0.25) is 0 Å². The molecule has 3 nitrogen and oxygen atoms in total. The first-order chi connectivity index (χ1) is 7.18. The highest BCUT2D eigenvalue weighted by Crippen LogP contribution is 2.28. The van der Waals surface area contributed by atoms with Crippen LogP contribution in [-0.4, -0.2) is 24.1 Å². The fourth-order valence-corrected chi connectivity index (χ4v) is 2.52. The molecule has 1 fully saturated rings. The van der Waals surface area contributed by atoms with Gasteiger partial charge in [-0.2, -0.15) is 0 Å². The zero-order valence-corrected chi connectivity index (χ0v) is 10.4. The Labute approximate surface area is 98.8 Å². The number of nitrogens with two attached hydrogens (primary N) is 1. The van der Waals surface area contributed by atoms with Crippen LogP contribution in [-0.2, 0) is 0 Å². The topological polar surface area (TPSA) is 42.1 Å². The lowest BCUT2D eigenvalue weighted by Gasteiger charge is -2.19. The van der Waals surface area contributed by atoms with Crippen LogP contribution in [0.5, 0.6) is 0 Å². The van der Waals surface area contributed by atoms with Crippen LogP contribution in [0.15, 0.2) is 22.8 Å². The van der Waals surface area contributed by atoms with Crippen molar-refractivity contribution in [3.63, 3.8) is 0 Å². The fraction of sp³-hybridized carbons (Fsp3) is 0.545. The minimum absolute atomic E-state index is 0.275. The van der Waals surface area contributed by atoms with E-state index in [1.807, 2.05) is 18.3 Å². The van der Waals surface area contributed by atoms with E-state index in [4.69, 9.17) is 5.73 Å². The van der Waals surface area contributed by atoms with Gasteiger partial charge in [-0.05, 0) is 47.3 Å². The van der Waals surface area contributed by atoms with Crippen LogP contribution in [0.3, 0.4) is 0 Å². The van der Waals surface area contributed by atoms with Crippen molar-refractivity contribution in [3.05, 3.63) is 22.8 Å². The summed E-state index contributed by atoms with van der Waals surface area (Å²) in [5.41, 5.74) is 5.92. The highest BCUT2D eigenvalue weighted by atomic mass is 79.9. The van der Waals surface area contributed by atoms with Crippen molar-refractivity contribution in [2.45, 2.75) is 19.4 Å². The number of halogens is 1. The summed E-state index contributed by atoms with van der Waals surface area (Å²) < 4.78 is 1.07. The summed E-state index contributed by atoms with van der Waals surface area (Å²) in [6, 6.07) is 4.24. The zero-order valence-electron chi connectivity index (χ0n) is 8.86. The van der Waals surface area contributed by atoms with Crippen molar-refractivity contribution in [1.29, 1.82) is 0 Å². The number of aromatic nitrogens is 1. The van der Waals surface area contributed by atoms with E-state index >= 15 is 0 Å². The molecule has 1 aromatic heterocycles. The average Bonchev–Trinajstić information content (AvgIpc) is 2.67. The molecule has 1 aliphatic rings. The van der Waals surface area contributed by atoms with Crippen molar-refractivity contribution >= 4 is 21.7 Å². The van der Waals surface area contributed by atoms with E-state index in [0.29, 0.717) is 5.92 Å². The SMILES string of the molecule is CC(N)C1CCN(c2ncccc2Br)C1. The Morgan fingerprint density at radius 1 is 1.67 bits per heavy atom. The van der Waals surface area contributed by atoms with Gasteiger partial charge in [0.15, 0.2) is 0 Å². The van der Waals surface area contributed by atoms with Gasteiger partial charge in [0.25, 0.3) is 0 Å². The first-order valence-electron chi connectivity index (χ1n) is 5.29. The van der Waals surface area contributed by atoms with E-state index in [9.17, 15) is 0 Å². The van der Waals surface area contributed by atoms with Crippen molar-refractivity contribution in [2.24, 2.45) is 11.7 Å². The quantitative estimate of drug-likeness (QED) is 0.894. The number of hydrogen-bond acceptors (Lipinski definition) is 3. The first kappa shape index (κ1) is 10.9. The molecule has 1 aliphatic heterocycles. The Kier molecular flexibility index (Phi) is 3.26. The van der Waals surface area contributed by atoms with Crippen LogP contribution < -0.4 is 10.6 Å². The number of nitrogens with zero attached hydrogens (tertiary/aromatic N) is 2. The van der Waals surface area contributed by atoms with Crippen molar-refractivity contribution in [1.82, 2.24) is 4.98 Å². The Balaban J connectivity index is 2.11. The van der Waals surface area contributed by atoms with Crippen LogP contribution in [0.25, 0.3) is 0 Å². The summed E-state index contributed by atoms with van der Waals surface area (Å²) in [4.78, 5) is 6.70. The molecular formula is C11H16BrN3.